The van der Waals surface area contributed by atoms with Crippen molar-refractivity contribution in [1.82, 2.24) is 9.55 Å². The molecule has 0 aliphatic carbocycles. The molecular formula is C18H15N3O3. The van der Waals surface area contributed by atoms with E-state index in [-0.39, 0.29) is 11.7 Å². The van der Waals surface area contributed by atoms with Crippen LogP contribution in [-0.2, 0) is 6.61 Å². The first-order valence-electron chi connectivity index (χ1n) is 7.50. The van der Waals surface area contributed by atoms with E-state index < -0.39 is 0 Å². The number of aromatic hydroxyl groups is 1. The predicted molar refractivity (Wildman–Crippen MR) is 88.7 cm³/mol. The van der Waals surface area contributed by atoms with Crippen molar-refractivity contribution in [3.05, 3.63) is 66.2 Å². The molecule has 24 heavy (non-hydrogen) atoms. The van der Waals surface area contributed by atoms with Gasteiger partial charge < -0.3 is 14.7 Å². The van der Waals surface area contributed by atoms with E-state index in [1.54, 1.807) is 37.6 Å². The van der Waals surface area contributed by atoms with E-state index in [1.165, 1.54) is 4.90 Å². The van der Waals surface area contributed by atoms with Crippen LogP contribution in [-0.4, -0.2) is 27.6 Å². The van der Waals surface area contributed by atoms with Crippen LogP contribution < -0.4 is 9.64 Å². The van der Waals surface area contributed by atoms with Crippen LogP contribution in [0.15, 0.2) is 54.9 Å². The number of carbonyl (C=O) groups is 1. The van der Waals surface area contributed by atoms with Crippen molar-refractivity contribution in [1.29, 1.82) is 0 Å². The molecule has 0 fully saturated rings. The standard InChI is InChI=1S/C18H15N3O3/c1-20(12-6-8-13(22)9-7-12)18(23)17-15-10-24-16-5-3-2-4-14(16)21(15)11-19-17/h2-9,11,22H,10H2,1H3. The summed E-state index contributed by atoms with van der Waals surface area (Å²) in [6, 6.07) is 14.1. The molecule has 1 N–H and O–H groups in total. The Morgan fingerprint density at radius 2 is 1.96 bits per heavy atom. The summed E-state index contributed by atoms with van der Waals surface area (Å²) in [6.45, 7) is 0.293. The lowest BCUT2D eigenvalue weighted by Crippen LogP contribution is -2.28. The number of nitrogens with zero attached hydrogens (tertiary/aromatic N) is 3. The molecule has 1 aliphatic heterocycles. The second-order valence-electron chi connectivity index (χ2n) is 5.55. The fourth-order valence-electron chi connectivity index (χ4n) is 2.77. The molecular weight excluding hydrogens is 306 g/mol. The normalized spacial score (nSPS) is 12.0. The molecule has 6 nitrogen and oxygen atoms in total. The number of amides is 1. The number of anilines is 1. The number of carbonyl (C=O) groups excluding carboxylic acids is 1. The monoisotopic (exact) mass is 321 g/mol. The van der Waals surface area contributed by atoms with Crippen LogP contribution >= 0.6 is 0 Å². The second kappa shape index (κ2) is 5.42. The third-order valence-corrected chi connectivity index (χ3v) is 4.10. The number of rotatable bonds is 2. The van der Waals surface area contributed by atoms with Gasteiger partial charge >= 0.3 is 0 Å². The van der Waals surface area contributed by atoms with Crippen molar-refractivity contribution in [3.63, 3.8) is 0 Å². The van der Waals surface area contributed by atoms with Crippen molar-refractivity contribution in [2.24, 2.45) is 0 Å². The average molecular weight is 321 g/mol. The Morgan fingerprint density at radius 1 is 1.21 bits per heavy atom. The molecule has 0 saturated heterocycles. The lowest BCUT2D eigenvalue weighted by atomic mass is 10.2. The Morgan fingerprint density at radius 3 is 2.75 bits per heavy atom. The van der Waals surface area contributed by atoms with Gasteiger partial charge in [0.2, 0.25) is 0 Å². The largest absolute Gasteiger partial charge is 0.508 e. The number of aromatic nitrogens is 2. The molecule has 6 heteroatoms. The fraction of sp³-hybridized carbons (Fsp3) is 0.111. The highest BCUT2D eigenvalue weighted by Crippen LogP contribution is 2.31. The molecule has 0 radical (unpaired) electrons. The third kappa shape index (κ3) is 2.20. The zero-order valence-corrected chi connectivity index (χ0v) is 13.0. The maximum atomic E-state index is 12.8. The summed E-state index contributed by atoms with van der Waals surface area (Å²) >= 11 is 0. The van der Waals surface area contributed by atoms with Gasteiger partial charge in [-0.15, -0.1) is 0 Å². The topological polar surface area (TPSA) is 67.6 Å². The summed E-state index contributed by atoms with van der Waals surface area (Å²) in [4.78, 5) is 18.6. The third-order valence-electron chi connectivity index (χ3n) is 4.10. The number of benzene rings is 2. The van der Waals surface area contributed by atoms with Crippen LogP contribution in [0.3, 0.4) is 0 Å². The molecule has 0 unspecified atom stereocenters. The van der Waals surface area contributed by atoms with E-state index in [9.17, 15) is 9.90 Å². The molecule has 0 bridgehead atoms. The van der Waals surface area contributed by atoms with E-state index >= 15 is 0 Å². The minimum Gasteiger partial charge on any atom is -0.508 e. The summed E-state index contributed by atoms with van der Waals surface area (Å²) < 4.78 is 7.62. The Kier molecular flexibility index (Phi) is 3.23. The lowest BCUT2D eigenvalue weighted by molar-refractivity contribution is 0.0985. The Balaban J connectivity index is 1.70. The van der Waals surface area contributed by atoms with Gasteiger partial charge in [0.25, 0.3) is 5.91 Å². The van der Waals surface area contributed by atoms with Gasteiger partial charge in [0.1, 0.15) is 24.4 Å². The number of phenolic OH excluding ortho intramolecular Hbond substituents is 1. The van der Waals surface area contributed by atoms with Gasteiger partial charge in [-0.05, 0) is 36.4 Å². The second-order valence-corrected chi connectivity index (χ2v) is 5.55. The number of hydrogen-bond acceptors (Lipinski definition) is 4. The van der Waals surface area contributed by atoms with Gasteiger partial charge in [-0.1, -0.05) is 12.1 Å². The lowest BCUT2D eigenvalue weighted by Gasteiger charge is -2.21. The molecule has 1 aromatic heterocycles. The Bertz CT molecular complexity index is 916. The number of phenols is 1. The van der Waals surface area contributed by atoms with Gasteiger partial charge in [-0.25, -0.2) is 4.98 Å². The van der Waals surface area contributed by atoms with Gasteiger partial charge in [-0.3, -0.25) is 9.36 Å². The van der Waals surface area contributed by atoms with E-state index in [4.69, 9.17) is 4.74 Å². The molecule has 1 amide bonds. The van der Waals surface area contributed by atoms with Crippen molar-refractivity contribution in [2.45, 2.75) is 6.61 Å². The number of fused-ring (bicyclic) bond motifs is 3. The van der Waals surface area contributed by atoms with Gasteiger partial charge in [-0.2, -0.15) is 0 Å². The summed E-state index contributed by atoms with van der Waals surface area (Å²) in [7, 11) is 1.68. The first-order valence-corrected chi connectivity index (χ1v) is 7.50. The van der Waals surface area contributed by atoms with E-state index in [0.29, 0.717) is 18.0 Å². The van der Waals surface area contributed by atoms with Crippen molar-refractivity contribution in [3.8, 4) is 17.2 Å². The van der Waals surface area contributed by atoms with E-state index in [0.717, 1.165) is 17.1 Å². The first-order chi connectivity index (χ1) is 11.6. The predicted octanol–water partition coefficient (Wildman–Crippen LogP) is 2.75. The highest BCUT2D eigenvalue weighted by Gasteiger charge is 2.26. The Labute approximate surface area is 138 Å². The number of para-hydroxylation sites is 2. The van der Waals surface area contributed by atoms with E-state index in [1.807, 2.05) is 28.8 Å². The zero-order chi connectivity index (χ0) is 16.7. The quantitative estimate of drug-likeness (QED) is 0.788. The molecule has 0 atom stereocenters. The number of imidazole rings is 1. The molecule has 0 saturated carbocycles. The van der Waals surface area contributed by atoms with Gasteiger partial charge in [0, 0.05) is 12.7 Å². The van der Waals surface area contributed by atoms with Crippen LogP contribution in [0.25, 0.3) is 5.69 Å². The zero-order valence-electron chi connectivity index (χ0n) is 13.0. The molecule has 3 aromatic rings. The minimum atomic E-state index is -0.225. The van der Waals surface area contributed by atoms with Crippen LogP contribution in [0.5, 0.6) is 11.5 Å². The summed E-state index contributed by atoms with van der Waals surface area (Å²) in [5, 5.41) is 9.38. The van der Waals surface area contributed by atoms with Crippen LogP contribution in [0.1, 0.15) is 16.2 Å². The Hall–Kier alpha value is -3.28. The molecule has 1 aliphatic rings. The maximum absolute atomic E-state index is 12.8. The minimum absolute atomic E-state index is 0.156. The molecule has 2 heterocycles. The summed E-state index contributed by atoms with van der Waals surface area (Å²) in [6.07, 6.45) is 1.65. The fourth-order valence-corrected chi connectivity index (χ4v) is 2.77. The summed E-state index contributed by atoms with van der Waals surface area (Å²) in [5.41, 5.74) is 2.64. The maximum Gasteiger partial charge on any atom is 0.278 e. The first kappa shape index (κ1) is 14.3. The van der Waals surface area contributed by atoms with Gasteiger partial charge in [0.15, 0.2) is 5.69 Å². The average Bonchev–Trinajstić information content (AvgIpc) is 3.05. The molecule has 2 aromatic carbocycles. The van der Waals surface area contributed by atoms with Crippen molar-refractivity contribution in [2.75, 3.05) is 11.9 Å². The molecule has 0 spiro atoms. The van der Waals surface area contributed by atoms with Crippen molar-refractivity contribution < 1.29 is 14.6 Å². The van der Waals surface area contributed by atoms with Crippen LogP contribution in [0, 0.1) is 0 Å². The molecule has 4 rings (SSSR count). The van der Waals surface area contributed by atoms with Crippen LogP contribution in [0.2, 0.25) is 0 Å². The molecule has 120 valence electrons. The van der Waals surface area contributed by atoms with E-state index in [2.05, 4.69) is 4.98 Å². The number of ether oxygens (including phenoxy) is 1. The number of hydrogen-bond donors (Lipinski definition) is 1. The summed E-state index contributed by atoms with van der Waals surface area (Å²) in [5.74, 6) is 0.703. The van der Waals surface area contributed by atoms with Crippen molar-refractivity contribution >= 4 is 11.6 Å². The smallest absolute Gasteiger partial charge is 0.278 e. The van der Waals surface area contributed by atoms with Gasteiger partial charge in [0.05, 0.1) is 11.4 Å². The van der Waals surface area contributed by atoms with Crippen LogP contribution in [0.4, 0.5) is 5.69 Å². The highest BCUT2D eigenvalue weighted by atomic mass is 16.5. The SMILES string of the molecule is CN(C(=O)c1ncn2c1COc1ccccc1-2)c1ccc(O)cc1. The highest BCUT2D eigenvalue weighted by molar-refractivity contribution is 6.05.